The molecule has 3 N–H and O–H groups in total. The highest BCUT2D eigenvalue weighted by Gasteiger charge is 2.47. The van der Waals surface area contributed by atoms with Gasteiger partial charge in [0, 0.05) is 22.6 Å². The zero-order valence-corrected chi connectivity index (χ0v) is 20.8. The Morgan fingerprint density at radius 1 is 0.692 bits per heavy atom. The van der Waals surface area contributed by atoms with Gasteiger partial charge in [-0.1, -0.05) is 66.7 Å². The molecule has 1 heterocycles. The lowest BCUT2D eigenvalue weighted by atomic mass is 9.94. The minimum atomic E-state index is -0.884. The fraction of sp³-hybridized carbons (Fsp3) is 0.0303. The zero-order valence-electron chi connectivity index (χ0n) is 20.8. The summed E-state index contributed by atoms with van der Waals surface area (Å²) < 4.78 is 0. The van der Waals surface area contributed by atoms with Crippen LogP contribution < -0.4 is 10.2 Å². The molecule has 1 saturated heterocycles. The fourth-order valence-corrected chi connectivity index (χ4v) is 4.96. The van der Waals surface area contributed by atoms with Gasteiger partial charge in [0.2, 0.25) is 0 Å². The summed E-state index contributed by atoms with van der Waals surface area (Å²) in [6, 6.07) is 35.4. The molecule has 6 heteroatoms. The highest BCUT2D eigenvalue weighted by Crippen LogP contribution is 2.43. The van der Waals surface area contributed by atoms with E-state index >= 15 is 0 Å². The van der Waals surface area contributed by atoms with Gasteiger partial charge in [-0.15, -0.1) is 0 Å². The van der Waals surface area contributed by atoms with Gasteiger partial charge in [0.15, 0.2) is 0 Å². The van der Waals surface area contributed by atoms with Crippen molar-refractivity contribution in [3.63, 3.8) is 0 Å². The van der Waals surface area contributed by atoms with Gasteiger partial charge in [-0.05, 0) is 70.9 Å². The standard InChI is InChI=1S/C33H24N2O4/c36-28-18-12-22(13-19-28)30-29(31(37)24-11-10-21-6-4-5-7-23(21)20-24)32(38)33(39)35(30)27-16-14-26(15-17-27)34-25-8-2-1-3-9-25/h1-20,30,34,36-37H/b31-29-. The van der Waals surface area contributed by atoms with E-state index in [1.54, 1.807) is 36.4 Å². The highest BCUT2D eigenvalue weighted by atomic mass is 16.3. The van der Waals surface area contributed by atoms with E-state index in [1.165, 1.54) is 17.0 Å². The Hall–Kier alpha value is -5.36. The Morgan fingerprint density at radius 2 is 1.33 bits per heavy atom. The molecule has 39 heavy (non-hydrogen) atoms. The Morgan fingerprint density at radius 3 is 2.05 bits per heavy atom. The predicted molar refractivity (Wildman–Crippen MR) is 153 cm³/mol. The van der Waals surface area contributed by atoms with Gasteiger partial charge in [-0.3, -0.25) is 14.5 Å². The summed E-state index contributed by atoms with van der Waals surface area (Å²) in [6.07, 6.45) is 0. The van der Waals surface area contributed by atoms with Crippen molar-refractivity contribution in [3.8, 4) is 5.75 Å². The van der Waals surface area contributed by atoms with E-state index in [9.17, 15) is 19.8 Å². The molecule has 6 rings (SSSR count). The molecular weight excluding hydrogens is 488 g/mol. The minimum Gasteiger partial charge on any atom is -0.508 e. The van der Waals surface area contributed by atoms with Crippen LogP contribution >= 0.6 is 0 Å². The van der Waals surface area contributed by atoms with Gasteiger partial charge in [0.25, 0.3) is 11.7 Å². The number of Topliss-reactive ketones (excluding diaryl/α,β-unsaturated/α-hetero) is 1. The van der Waals surface area contributed by atoms with Crippen molar-refractivity contribution < 1.29 is 19.8 Å². The van der Waals surface area contributed by atoms with Crippen LogP contribution in [0.3, 0.4) is 0 Å². The number of carbonyl (C=O) groups excluding carboxylic acids is 2. The molecule has 1 aliphatic heterocycles. The monoisotopic (exact) mass is 512 g/mol. The number of amides is 1. The first-order valence-corrected chi connectivity index (χ1v) is 12.5. The van der Waals surface area contributed by atoms with Crippen molar-refractivity contribution in [1.29, 1.82) is 0 Å². The Bertz CT molecular complexity index is 1730. The molecular formula is C33H24N2O4. The molecule has 0 radical (unpaired) electrons. The average molecular weight is 513 g/mol. The number of para-hydroxylation sites is 1. The van der Waals surface area contributed by atoms with E-state index in [-0.39, 0.29) is 17.1 Å². The van der Waals surface area contributed by atoms with Crippen LogP contribution in [0.1, 0.15) is 17.2 Å². The zero-order chi connectivity index (χ0) is 26.9. The molecule has 6 nitrogen and oxygen atoms in total. The van der Waals surface area contributed by atoms with Crippen LogP contribution in [-0.2, 0) is 9.59 Å². The molecule has 1 fully saturated rings. The molecule has 0 aliphatic carbocycles. The van der Waals surface area contributed by atoms with Crippen LogP contribution in [0.2, 0.25) is 0 Å². The van der Waals surface area contributed by atoms with Gasteiger partial charge < -0.3 is 15.5 Å². The maximum Gasteiger partial charge on any atom is 0.300 e. The SMILES string of the molecule is O=C1C(=O)N(c2ccc(Nc3ccccc3)cc2)C(c2ccc(O)cc2)/C1=C(/O)c1ccc2ccccc2c1. The Labute approximate surface area is 225 Å². The number of nitrogens with one attached hydrogen (secondary N) is 1. The van der Waals surface area contributed by atoms with Crippen LogP contribution in [0.15, 0.2) is 127 Å². The summed E-state index contributed by atoms with van der Waals surface area (Å²) in [5, 5.41) is 26.5. The van der Waals surface area contributed by atoms with Crippen LogP contribution in [-0.4, -0.2) is 21.9 Å². The number of hydrogen-bond acceptors (Lipinski definition) is 5. The summed E-state index contributed by atoms with van der Waals surface area (Å²) in [7, 11) is 0. The molecule has 190 valence electrons. The lowest BCUT2D eigenvalue weighted by Gasteiger charge is -2.25. The lowest BCUT2D eigenvalue weighted by molar-refractivity contribution is -0.132. The number of fused-ring (bicyclic) bond motifs is 1. The average Bonchev–Trinajstić information content (AvgIpc) is 3.23. The molecule has 5 aromatic rings. The summed E-state index contributed by atoms with van der Waals surface area (Å²) in [5.74, 6) is -1.70. The van der Waals surface area contributed by atoms with Crippen LogP contribution in [0.5, 0.6) is 5.75 Å². The first kappa shape index (κ1) is 24.0. The molecule has 5 aromatic carbocycles. The summed E-state index contributed by atoms with van der Waals surface area (Å²) in [6.45, 7) is 0. The van der Waals surface area contributed by atoms with Gasteiger partial charge in [-0.25, -0.2) is 0 Å². The first-order valence-electron chi connectivity index (χ1n) is 12.5. The van der Waals surface area contributed by atoms with E-state index in [1.807, 2.05) is 72.8 Å². The first-order chi connectivity index (χ1) is 19.0. The third-order valence-electron chi connectivity index (χ3n) is 6.88. The molecule has 1 amide bonds. The number of aliphatic hydroxyl groups excluding tert-OH is 1. The maximum absolute atomic E-state index is 13.5. The fourth-order valence-electron chi connectivity index (χ4n) is 4.96. The number of ketones is 1. The van der Waals surface area contributed by atoms with Crippen LogP contribution in [0.25, 0.3) is 16.5 Å². The molecule has 1 unspecified atom stereocenters. The van der Waals surface area contributed by atoms with Crippen molar-refractivity contribution >= 4 is 45.3 Å². The second-order valence-electron chi connectivity index (χ2n) is 9.36. The quantitative estimate of drug-likeness (QED) is 0.135. The van der Waals surface area contributed by atoms with Gasteiger partial charge in [0.1, 0.15) is 11.5 Å². The summed E-state index contributed by atoms with van der Waals surface area (Å²) in [4.78, 5) is 28.3. The summed E-state index contributed by atoms with van der Waals surface area (Å²) >= 11 is 0. The number of aromatic hydroxyl groups is 1. The van der Waals surface area contributed by atoms with Gasteiger partial charge in [0.05, 0.1) is 11.6 Å². The van der Waals surface area contributed by atoms with Crippen molar-refractivity contribution in [1.82, 2.24) is 0 Å². The van der Waals surface area contributed by atoms with Gasteiger partial charge >= 0.3 is 0 Å². The number of anilines is 3. The smallest absolute Gasteiger partial charge is 0.300 e. The largest absolute Gasteiger partial charge is 0.508 e. The van der Waals surface area contributed by atoms with Crippen LogP contribution in [0, 0.1) is 0 Å². The summed E-state index contributed by atoms with van der Waals surface area (Å²) in [5.41, 5.74) is 3.27. The second-order valence-corrected chi connectivity index (χ2v) is 9.36. The van der Waals surface area contributed by atoms with Crippen LogP contribution in [0.4, 0.5) is 17.1 Å². The number of aliphatic hydroxyl groups is 1. The predicted octanol–water partition coefficient (Wildman–Crippen LogP) is 6.92. The van der Waals surface area contributed by atoms with E-state index in [0.717, 1.165) is 22.1 Å². The molecule has 0 saturated carbocycles. The number of hydrogen-bond donors (Lipinski definition) is 3. The van der Waals surface area contributed by atoms with E-state index in [2.05, 4.69) is 5.32 Å². The maximum atomic E-state index is 13.5. The van der Waals surface area contributed by atoms with Crippen molar-refractivity contribution in [2.24, 2.45) is 0 Å². The lowest BCUT2D eigenvalue weighted by Crippen LogP contribution is -2.29. The molecule has 1 aliphatic rings. The third kappa shape index (κ3) is 4.49. The Balaban J connectivity index is 1.44. The number of carbonyl (C=O) groups is 2. The van der Waals surface area contributed by atoms with E-state index in [0.29, 0.717) is 16.8 Å². The molecule has 0 spiro atoms. The normalized spacial score (nSPS) is 16.5. The Kier molecular flexibility index (Phi) is 6.05. The number of benzene rings is 5. The molecule has 1 atom stereocenters. The number of nitrogens with zero attached hydrogens (tertiary/aromatic N) is 1. The van der Waals surface area contributed by atoms with Crippen molar-refractivity contribution in [2.75, 3.05) is 10.2 Å². The third-order valence-corrected chi connectivity index (χ3v) is 6.88. The number of phenolic OH excluding ortho intramolecular Hbond substituents is 1. The van der Waals surface area contributed by atoms with E-state index < -0.39 is 17.7 Å². The highest BCUT2D eigenvalue weighted by molar-refractivity contribution is 6.51. The van der Waals surface area contributed by atoms with Crippen molar-refractivity contribution in [2.45, 2.75) is 6.04 Å². The number of phenols is 1. The number of rotatable bonds is 5. The van der Waals surface area contributed by atoms with Gasteiger partial charge in [-0.2, -0.15) is 0 Å². The van der Waals surface area contributed by atoms with E-state index in [4.69, 9.17) is 0 Å². The molecule has 0 aromatic heterocycles. The minimum absolute atomic E-state index is 0.00698. The molecule has 0 bridgehead atoms. The van der Waals surface area contributed by atoms with Crippen molar-refractivity contribution in [3.05, 3.63) is 138 Å². The topological polar surface area (TPSA) is 89.9 Å². The second kappa shape index (κ2) is 9.84.